The molecule has 0 aliphatic carbocycles. The van der Waals surface area contributed by atoms with Gasteiger partial charge in [0.25, 0.3) is 0 Å². The predicted octanol–water partition coefficient (Wildman–Crippen LogP) is 1.95. The summed E-state index contributed by atoms with van der Waals surface area (Å²) in [6.07, 6.45) is 1.55. The van der Waals surface area contributed by atoms with E-state index in [0.717, 1.165) is 5.56 Å². The Kier molecular flexibility index (Phi) is 4.12. The van der Waals surface area contributed by atoms with E-state index in [-0.39, 0.29) is 6.03 Å². The molecular formula is C10H12ClN3O. The van der Waals surface area contributed by atoms with Crippen LogP contribution in [0.2, 0.25) is 5.02 Å². The summed E-state index contributed by atoms with van der Waals surface area (Å²) in [4.78, 5) is 12.5. The van der Waals surface area contributed by atoms with Crippen LogP contribution in [-0.2, 0) is 0 Å². The van der Waals surface area contributed by atoms with Crippen molar-refractivity contribution in [2.45, 2.75) is 0 Å². The summed E-state index contributed by atoms with van der Waals surface area (Å²) >= 11 is 5.72. The number of urea groups is 1. The molecule has 1 aromatic rings. The van der Waals surface area contributed by atoms with Gasteiger partial charge in [-0.25, -0.2) is 10.2 Å². The standard InChI is InChI=1S/C10H12ClN3O/c1-14(2)10(15)13-12-7-8-3-5-9(11)6-4-8/h3-7H,1-2H3,(H,13,15)/b12-7+. The van der Waals surface area contributed by atoms with Crippen LogP contribution in [-0.4, -0.2) is 31.2 Å². The number of hydrogen-bond acceptors (Lipinski definition) is 2. The predicted molar refractivity (Wildman–Crippen MR) is 61.3 cm³/mol. The number of amides is 2. The van der Waals surface area contributed by atoms with E-state index < -0.39 is 0 Å². The second-order valence-corrected chi connectivity index (χ2v) is 3.56. The Hall–Kier alpha value is -1.55. The molecule has 4 nitrogen and oxygen atoms in total. The van der Waals surface area contributed by atoms with Crippen molar-refractivity contribution in [3.8, 4) is 0 Å². The molecule has 15 heavy (non-hydrogen) atoms. The summed E-state index contributed by atoms with van der Waals surface area (Å²) in [5, 5.41) is 4.45. The van der Waals surface area contributed by atoms with Gasteiger partial charge in [0.05, 0.1) is 6.21 Å². The van der Waals surface area contributed by atoms with Gasteiger partial charge in [-0.1, -0.05) is 23.7 Å². The topological polar surface area (TPSA) is 44.7 Å². The van der Waals surface area contributed by atoms with Gasteiger partial charge in [0, 0.05) is 19.1 Å². The van der Waals surface area contributed by atoms with Gasteiger partial charge in [-0.05, 0) is 17.7 Å². The van der Waals surface area contributed by atoms with Crippen LogP contribution in [0.15, 0.2) is 29.4 Å². The van der Waals surface area contributed by atoms with Crippen molar-refractivity contribution >= 4 is 23.8 Å². The number of halogens is 1. The van der Waals surface area contributed by atoms with Gasteiger partial charge >= 0.3 is 6.03 Å². The van der Waals surface area contributed by atoms with Crippen molar-refractivity contribution in [3.63, 3.8) is 0 Å². The molecule has 0 saturated carbocycles. The van der Waals surface area contributed by atoms with Gasteiger partial charge in [-0.15, -0.1) is 0 Å². The molecule has 0 spiro atoms. The van der Waals surface area contributed by atoms with Crippen molar-refractivity contribution in [2.75, 3.05) is 14.1 Å². The smallest absolute Gasteiger partial charge is 0.329 e. The van der Waals surface area contributed by atoms with Gasteiger partial charge in [-0.2, -0.15) is 5.10 Å². The maximum Gasteiger partial charge on any atom is 0.337 e. The quantitative estimate of drug-likeness (QED) is 0.607. The zero-order chi connectivity index (χ0) is 11.3. The van der Waals surface area contributed by atoms with Gasteiger partial charge in [0.1, 0.15) is 0 Å². The third kappa shape index (κ3) is 3.99. The molecule has 0 atom stereocenters. The van der Waals surface area contributed by atoms with E-state index in [4.69, 9.17) is 11.6 Å². The van der Waals surface area contributed by atoms with Crippen molar-refractivity contribution < 1.29 is 4.79 Å². The normalized spacial score (nSPS) is 10.3. The van der Waals surface area contributed by atoms with E-state index >= 15 is 0 Å². The van der Waals surface area contributed by atoms with Crippen molar-refractivity contribution in [3.05, 3.63) is 34.9 Å². The van der Waals surface area contributed by atoms with Gasteiger partial charge < -0.3 is 4.90 Å². The highest BCUT2D eigenvalue weighted by atomic mass is 35.5. The molecule has 2 amide bonds. The van der Waals surface area contributed by atoms with Gasteiger partial charge in [0.15, 0.2) is 0 Å². The summed E-state index contributed by atoms with van der Waals surface area (Å²) in [7, 11) is 3.29. The van der Waals surface area contributed by atoms with Crippen LogP contribution in [0.1, 0.15) is 5.56 Å². The lowest BCUT2D eigenvalue weighted by atomic mass is 10.2. The minimum atomic E-state index is -0.264. The second-order valence-electron chi connectivity index (χ2n) is 3.12. The molecule has 0 fully saturated rings. The van der Waals surface area contributed by atoms with Crippen LogP contribution in [0.4, 0.5) is 4.79 Å². The Balaban J connectivity index is 2.51. The van der Waals surface area contributed by atoms with Crippen LogP contribution < -0.4 is 5.43 Å². The number of rotatable bonds is 2. The van der Waals surface area contributed by atoms with Gasteiger partial charge in [-0.3, -0.25) is 0 Å². The van der Waals surface area contributed by atoms with E-state index in [9.17, 15) is 4.79 Å². The van der Waals surface area contributed by atoms with Crippen molar-refractivity contribution in [1.29, 1.82) is 0 Å². The molecule has 0 aliphatic heterocycles. The van der Waals surface area contributed by atoms with E-state index in [1.165, 1.54) is 4.90 Å². The molecule has 0 aromatic heterocycles. The van der Waals surface area contributed by atoms with E-state index in [0.29, 0.717) is 5.02 Å². The highest BCUT2D eigenvalue weighted by Crippen LogP contribution is 2.07. The minimum absolute atomic E-state index is 0.264. The monoisotopic (exact) mass is 225 g/mol. The molecule has 0 bridgehead atoms. The Morgan fingerprint density at radius 1 is 1.40 bits per heavy atom. The SMILES string of the molecule is CN(C)C(=O)N/N=C/c1ccc(Cl)cc1. The third-order valence-corrected chi connectivity index (χ3v) is 1.90. The lowest BCUT2D eigenvalue weighted by molar-refractivity contribution is 0.218. The summed E-state index contributed by atoms with van der Waals surface area (Å²) < 4.78 is 0. The lowest BCUT2D eigenvalue weighted by Crippen LogP contribution is -2.31. The maximum atomic E-state index is 11.1. The third-order valence-electron chi connectivity index (χ3n) is 1.65. The molecule has 0 saturated heterocycles. The van der Waals surface area contributed by atoms with Gasteiger partial charge in [0.2, 0.25) is 0 Å². The van der Waals surface area contributed by atoms with Crippen molar-refractivity contribution in [2.24, 2.45) is 5.10 Å². The first-order chi connectivity index (χ1) is 7.09. The molecule has 0 unspecified atom stereocenters. The van der Waals surface area contributed by atoms with E-state index in [1.54, 1.807) is 32.4 Å². The zero-order valence-electron chi connectivity index (χ0n) is 8.57. The molecule has 1 rings (SSSR count). The number of nitrogens with zero attached hydrogens (tertiary/aromatic N) is 2. The summed E-state index contributed by atoms with van der Waals surface area (Å²) in [6, 6.07) is 6.88. The Morgan fingerprint density at radius 3 is 2.53 bits per heavy atom. The number of hydrazone groups is 1. The second kappa shape index (κ2) is 5.36. The molecular weight excluding hydrogens is 214 g/mol. The average Bonchev–Trinajstić information content (AvgIpc) is 2.20. The number of nitrogens with one attached hydrogen (secondary N) is 1. The molecule has 1 N–H and O–H groups in total. The first-order valence-corrected chi connectivity index (χ1v) is 4.73. The molecule has 1 aromatic carbocycles. The molecule has 5 heteroatoms. The first-order valence-electron chi connectivity index (χ1n) is 4.35. The summed E-state index contributed by atoms with van der Waals surface area (Å²) in [6.45, 7) is 0. The fraction of sp³-hybridized carbons (Fsp3) is 0.200. The molecule has 0 aliphatic rings. The summed E-state index contributed by atoms with van der Waals surface area (Å²) in [5.74, 6) is 0. The average molecular weight is 226 g/mol. The van der Waals surface area contributed by atoms with Crippen LogP contribution in [0.25, 0.3) is 0 Å². The van der Waals surface area contributed by atoms with E-state index in [1.807, 2.05) is 12.1 Å². The van der Waals surface area contributed by atoms with E-state index in [2.05, 4.69) is 10.5 Å². The Labute approximate surface area is 93.5 Å². The minimum Gasteiger partial charge on any atom is -0.329 e. The van der Waals surface area contributed by atoms with Crippen LogP contribution >= 0.6 is 11.6 Å². The Bertz CT molecular complexity index is 359. The largest absolute Gasteiger partial charge is 0.337 e. The molecule has 80 valence electrons. The summed E-state index contributed by atoms with van der Waals surface area (Å²) in [5.41, 5.74) is 3.24. The van der Waals surface area contributed by atoms with Crippen LogP contribution in [0.5, 0.6) is 0 Å². The number of carbonyl (C=O) groups excluding carboxylic acids is 1. The number of carbonyl (C=O) groups is 1. The molecule has 0 heterocycles. The number of benzene rings is 1. The fourth-order valence-electron chi connectivity index (χ4n) is 0.811. The fourth-order valence-corrected chi connectivity index (χ4v) is 0.937. The highest BCUT2D eigenvalue weighted by Gasteiger charge is 1.98. The zero-order valence-corrected chi connectivity index (χ0v) is 9.32. The van der Waals surface area contributed by atoms with Crippen molar-refractivity contribution in [1.82, 2.24) is 10.3 Å². The molecule has 0 radical (unpaired) electrons. The number of hydrogen-bond donors (Lipinski definition) is 1. The lowest BCUT2D eigenvalue weighted by Gasteiger charge is -2.07. The van der Waals surface area contributed by atoms with Crippen LogP contribution in [0.3, 0.4) is 0 Å². The van der Waals surface area contributed by atoms with Crippen LogP contribution in [0, 0.1) is 0 Å². The first kappa shape index (κ1) is 11.5. The Morgan fingerprint density at radius 2 is 2.00 bits per heavy atom. The maximum absolute atomic E-state index is 11.1. The highest BCUT2D eigenvalue weighted by molar-refractivity contribution is 6.30.